The Bertz CT molecular complexity index is 390. The first-order chi connectivity index (χ1) is 8.16. The summed E-state index contributed by atoms with van der Waals surface area (Å²) in [5.41, 5.74) is 1.24. The molecule has 2 rings (SSSR count). The molecule has 1 aromatic rings. The van der Waals surface area contributed by atoms with Gasteiger partial charge >= 0.3 is 0 Å². The van der Waals surface area contributed by atoms with Crippen LogP contribution in [0.4, 0.5) is 0 Å². The van der Waals surface area contributed by atoms with E-state index in [0.717, 1.165) is 6.54 Å². The summed E-state index contributed by atoms with van der Waals surface area (Å²) in [5.74, 6) is 0.693. The molecule has 1 saturated heterocycles. The van der Waals surface area contributed by atoms with Crippen molar-refractivity contribution in [3.63, 3.8) is 0 Å². The van der Waals surface area contributed by atoms with Crippen molar-refractivity contribution >= 4 is 0 Å². The molecule has 1 aliphatic heterocycles. The number of aromatic nitrogens is 1. The Balaban J connectivity index is 2.15. The van der Waals surface area contributed by atoms with E-state index in [1.807, 2.05) is 12.3 Å². The summed E-state index contributed by atoms with van der Waals surface area (Å²) in [4.78, 5) is 16.4. The monoisotopic (exact) mass is 234 g/mol. The molecular weight excluding hydrogens is 212 g/mol. The Hall–Kier alpha value is -1.09. The van der Waals surface area contributed by atoms with Crippen molar-refractivity contribution in [1.82, 2.24) is 9.88 Å². The second-order valence-corrected chi connectivity index (χ2v) is 5.39. The van der Waals surface area contributed by atoms with Crippen LogP contribution in [0.3, 0.4) is 0 Å². The number of hydrogen-bond acceptors (Lipinski definition) is 2. The van der Waals surface area contributed by atoms with E-state index in [4.69, 9.17) is 0 Å². The largest absolute Gasteiger partial charge is 0.329 e. The molecule has 1 aliphatic rings. The van der Waals surface area contributed by atoms with E-state index in [9.17, 15) is 4.79 Å². The molecule has 0 unspecified atom stereocenters. The molecule has 0 amide bonds. The number of pyridine rings is 1. The van der Waals surface area contributed by atoms with Crippen molar-refractivity contribution in [2.75, 3.05) is 13.1 Å². The summed E-state index contributed by atoms with van der Waals surface area (Å²) in [6, 6.07) is 4.10. The highest BCUT2D eigenvalue weighted by molar-refractivity contribution is 5.14. The molecule has 3 nitrogen and oxygen atoms in total. The van der Waals surface area contributed by atoms with Crippen LogP contribution < -0.4 is 5.56 Å². The van der Waals surface area contributed by atoms with Crippen molar-refractivity contribution in [3.8, 4) is 0 Å². The number of piperidine rings is 1. The molecule has 0 spiro atoms. The molecule has 0 radical (unpaired) electrons. The Morgan fingerprint density at radius 2 is 2.24 bits per heavy atom. The lowest BCUT2D eigenvalue weighted by molar-refractivity contribution is 0.132. The van der Waals surface area contributed by atoms with Crippen molar-refractivity contribution in [3.05, 3.63) is 34.2 Å². The maximum absolute atomic E-state index is 11.1. The van der Waals surface area contributed by atoms with Crippen molar-refractivity contribution < 1.29 is 0 Å². The van der Waals surface area contributed by atoms with Crippen LogP contribution in [0.25, 0.3) is 0 Å². The zero-order valence-corrected chi connectivity index (χ0v) is 10.8. The van der Waals surface area contributed by atoms with Crippen LogP contribution in [0.5, 0.6) is 0 Å². The number of nitrogens with zero attached hydrogens (tertiary/aromatic N) is 1. The van der Waals surface area contributed by atoms with Crippen LogP contribution in [-0.4, -0.2) is 23.0 Å². The molecule has 1 atom stereocenters. The van der Waals surface area contributed by atoms with Crippen LogP contribution in [0.15, 0.2) is 23.1 Å². The van der Waals surface area contributed by atoms with Gasteiger partial charge in [0.15, 0.2) is 0 Å². The lowest BCUT2D eigenvalue weighted by Crippen LogP contribution is -2.36. The summed E-state index contributed by atoms with van der Waals surface area (Å²) in [7, 11) is 0. The summed E-state index contributed by atoms with van der Waals surface area (Å²) >= 11 is 0. The molecule has 1 N–H and O–H groups in total. The van der Waals surface area contributed by atoms with Gasteiger partial charge in [0, 0.05) is 24.8 Å². The minimum Gasteiger partial charge on any atom is -0.329 e. The lowest BCUT2D eigenvalue weighted by atomic mass is 9.95. The number of likely N-dealkylation sites (tertiary alicyclic amines) is 1. The standard InChI is InChI=1S/C14H22N2O/c1-11(2)10-16-8-4-3-5-13(16)12-6-7-14(17)15-9-12/h6-7,9,11,13H,3-5,8,10H2,1-2H3,(H,15,17)/t13-/m1/s1. The van der Waals surface area contributed by atoms with Crippen molar-refractivity contribution in [2.24, 2.45) is 5.92 Å². The fourth-order valence-electron chi connectivity index (χ4n) is 2.69. The molecule has 1 fully saturated rings. The first-order valence-electron chi connectivity index (χ1n) is 6.59. The Kier molecular flexibility index (Phi) is 4.00. The van der Waals surface area contributed by atoms with Crippen LogP contribution >= 0.6 is 0 Å². The molecule has 3 heteroatoms. The maximum atomic E-state index is 11.1. The van der Waals surface area contributed by atoms with Gasteiger partial charge in [-0.15, -0.1) is 0 Å². The van der Waals surface area contributed by atoms with Crippen LogP contribution in [0.1, 0.15) is 44.7 Å². The molecule has 0 aliphatic carbocycles. The molecule has 0 aromatic carbocycles. The summed E-state index contributed by atoms with van der Waals surface area (Å²) in [6.45, 7) is 6.85. The summed E-state index contributed by atoms with van der Waals surface area (Å²) in [6.07, 6.45) is 5.68. The van der Waals surface area contributed by atoms with E-state index in [1.165, 1.54) is 31.4 Å². The Labute approximate surface area is 103 Å². The predicted octanol–water partition coefficient (Wildman–Crippen LogP) is 2.56. The van der Waals surface area contributed by atoms with E-state index in [2.05, 4.69) is 23.7 Å². The molecule has 94 valence electrons. The fourth-order valence-corrected chi connectivity index (χ4v) is 2.69. The highest BCUT2D eigenvalue weighted by Crippen LogP contribution is 2.30. The third-order valence-corrected chi connectivity index (χ3v) is 3.41. The van der Waals surface area contributed by atoms with Gasteiger partial charge in [-0.05, 0) is 30.9 Å². The van der Waals surface area contributed by atoms with E-state index in [0.29, 0.717) is 12.0 Å². The summed E-state index contributed by atoms with van der Waals surface area (Å²) in [5, 5.41) is 0. The van der Waals surface area contributed by atoms with Crippen molar-refractivity contribution in [2.45, 2.75) is 39.2 Å². The smallest absolute Gasteiger partial charge is 0.247 e. The molecule has 0 saturated carbocycles. The van der Waals surface area contributed by atoms with Gasteiger partial charge in [-0.25, -0.2) is 0 Å². The fraction of sp³-hybridized carbons (Fsp3) is 0.643. The van der Waals surface area contributed by atoms with Gasteiger partial charge in [0.25, 0.3) is 0 Å². The minimum atomic E-state index is -0.0139. The van der Waals surface area contributed by atoms with E-state index in [-0.39, 0.29) is 5.56 Å². The quantitative estimate of drug-likeness (QED) is 0.872. The van der Waals surface area contributed by atoms with E-state index in [1.54, 1.807) is 6.07 Å². The number of hydrogen-bond donors (Lipinski definition) is 1. The number of H-pyrrole nitrogens is 1. The lowest BCUT2D eigenvalue weighted by Gasteiger charge is -2.37. The van der Waals surface area contributed by atoms with Gasteiger partial charge in [0.1, 0.15) is 0 Å². The third-order valence-electron chi connectivity index (χ3n) is 3.41. The first kappa shape index (κ1) is 12.4. The van der Waals surface area contributed by atoms with Gasteiger partial charge in [0.05, 0.1) is 0 Å². The highest BCUT2D eigenvalue weighted by atomic mass is 16.1. The molecule has 1 aromatic heterocycles. The molecule has 17 heavy (non-hydrogen) atoms. The van der Waals surface area contributed by atoms with Gasteiger partial charge in [-0.2, -0.15) is 0 Å². The molecular formula is C14H22N2O. The topological polar surface area (TPSA) is 36.1 Å². The van der Waals surface area contributed by atoms with Gasteiger partial charge < -0.3 is 4.98 Å². The summed E-state index contributed by atoms with van der Waals surface area (Å²) < 4.78 is 0. The third kappa shape index (κ3) is 3.19. The van der Waals surface area contributed by atoms with Gasteiger partial charge in [-0.3, -0.25) is 9.69 Å². The number of rotatable bonds is 3. The zero-order valence-electron chi connectivity index (χ0n) is 10.8. The Morgan fingerprint density at radius 1 is 1.41 bits per heavy atom. The number of nitrogens with one attached hydrogen (secondary N) is 1. The molecule has 0 bridgehead atoms. The maximum Gasteiger partial charge on any atom is 0.247 e. The van der Waals surface area contributed by atoms with E-state index >= 15 is 0 Å². The van der Waals surface area contributed by atoms with Crippen molar-refractivity contribution in [1.29, 1.82) is 0 Å². The SMILES string of the molecule is CC(C)CN1CCCC[C@@H]1c1ccc(=O)[nH]c1. The zero-order chi connectivity index (χ0) is 12.3. The van der Waals surface area contributed by atoms with Gasteiger partial charge in [0.2, 0.25) is 5.56 Å². The van der Waals surface area contributed by atoms with Crippen LogP contribution in [0.2, 0.25) is 0 Å². The Morgan fingerprint density at radius 3 is 2.88 bits per heavy atom. The second-order valence-electron chi connectivity index (χ2n) is 5.39. The van der Waals surface area contributed by atoms with Gasteiger partial charge in [-0.1, -0.05) is 26.3 Å². The minimum absolute atomic E-state index is 0.0139. The predicted molar refractivity (Wildman–Crippen MR) is 70.1 cm³/mol. The molecule has 2 heterocycles. The normalized spacial score (nSPS) is 21.9. The van der Waals surface area contributed by atoms with Crippen LogP contribution in [-0.2, 0) is 0 Å². The van der Waals surface area contributed by atoms with Crippen LogP contribution in [0, 0.1) is 5.92 Å². The average Bonchev–Trinajstić information content (AvgIpc) is 2.30. The average molecular weight is 234 g/mol. The highest BCUT2D eigenvalue weighted by Gasteiger charge is 2.24. The second kappa shape index (κ2) is 5.50. The van der Waals surface area contributed by atoms with E-state index < -0.39 is 0 Å². The first-order valence-corrected chi connectivity index (χ1v) is 6.59. The number of aromatic amines is 1.